The van der Waals surface area contributed by atoms with Gasteiger partial charge in [-0.05, 0) is 44.4 Å². The highest BCUT2D eigenvalue weighted by Gasteiger charge is 2.30. The summed E-state index contributed by atoms with van der Waals surface area (Å²) in [5.74, 6) is 0.165. The van der Waals surface area contributed by atoms with Crippen molar-refractivity contribution in [3.8, 4) is 0 Å². The monoisotopic (exact) mass is 490 g/mol. The number of halogens is 1. The molecule has 0 aromatic carbocycles. The zero-order valence-corrected chi connectivity index (χ0v) is 20.6. The molecule has 33 heavy (non-hydrogen) atoms. The van der Waals surface area contributed by atoms with Crippen molar-refractivity contribution in [3.63, 3.8) is 0 Å². The van der Waals surface area contributed by atoms with Crippen LogP contribution in [0.4, 0.5) is 5.69 Å². The van der Waals surface area contributed by atoms with Crippen LogP contribution in [-0.2, 0) is 9.53 Å². The number of aryl methyl sites for hydroxylation is 1. The predicted octanol–water partition coefficient (Wildman–Crippen LogP) is 4.47. The molecule has 7 nitrogen and oxygen atoms in total. The van der Waals surface area contributed by atoms with E-state index in [1.165, 1.54) is 24.2 Å². The van der Waals surface area contributed by atoms with E-state index in [-0.39, 0.29) is 23.9 Å². The molecule has 3 heterocycles. The second-order valence-electron chi connectivity index (χ2n) is 9.01. The summed E-state index contributed by atoms with van der Waals surface area (Å²) in [7, 11) is 0. The van der Waals surface area contributed by atoms with E-state index in [1.54, 1.807) is 6.20 Å². The number of anilines is 1. The van der Waals surface area contributed by atoms with E-state index >= 15 is 0 Å². The van der Waals surface area contributed by atoms with Gasteiger partial charge in [-0.25, -0.2) is 0 Å². The van der Waals surface area contributed by atoms with Crippen LogP contribution < -0.4 is 16.0 Å². The number of nitrogens with zero attached hydrogens (tertiary/aromatic N) is 1. The Morgan fingerprint density at radius 1 is 1.27 bits per heavy atom. The molecule has 2 atom stereocenters. The molecule has 178 valence electrons. The molecule has 1 aliphatic heterocycles. The largest absolute Gasteiger partial charge is 0.377 e. The van der Waals surface area contributed by atoms with Crippen LogP contribution in [0, 0.1) is 12.8 Å². The highest BCUT2D eigenvalue weighted by molar-refractivity contribution is 7.14. The first kappa shape index (κ1) is 24.0. The maximum absolute atomic E-state index is 13.0. The first-order valence-electron chi connectivity index (χ1n) is 11.6. The molecule has 1 aliphatic carbocycles. The van der Waals surface area contributed by atoms with Crippen LogP contribution in [0.15, 0.2) is 24.4 Å². The smallest absolute Gasteiger partial charge is 0.262 e. The standard InChI is InChI=1S/C24H31ClN4O3S/c1-14-19(10-17(25)11-26-14)27-15(2)21-7-8-22(33-21)24(31)29-20(9-16-5-3-4-6-16)23(30)28-18-12-32-13-18/h7-8,10-11,15-16,18,20,27H,3-6,9,12-13H2,1-2H3,(H,28,30)(H,29,31)/t15-,20-/m0/s1. The molecule has 0 spiro atoms. The van der Waals surface area contributed by atoms with Crippen LogP contribution in [0.2, 0.25) is 5.02 Å². The van der Waals surface area contributed by atoms with Gasteiger partial charge in [0.2, 0.25) is 5.91 Å². The van der Waals surface area contributed by atoms with Gasteiger partial charge in [0.25, 0.3) is 5.91 Å². The molecule has 0 bridgehead atoms. The van der Waals surface area contributed by atoms with Gasteiger partial charge in [0.05, 0.1) is 46.6 Å². The van der Waals surface area contributed by atoms with E-state index in [1.807, 2.05) is 32.0 Å². The lowest BCUT2D eigenvalue weighted by Gasteiger charge is -2.29. The quantitative estimate of drug-likeness (QED) is 0.482. The second-order valence-corrected chi connectivity index (χ2v) is 10.6. The summed E-state index contributed by atoms with van der Waals surface area (Å²) in [6.45, 7) is 5.03. The van der Waals surface area contributed by atoms with E-state index in [0.717, 1.165) is 29.1 Å². The minimum absolute atomic E-state index is 0.0216. The molecule has 3 N–H and O–H groups in total. The third-order valence-electron chi connectivity index (χ3n) is 6.35. The number of carbonyl (C=O) groups excluding carboxylic acids is 2. The van der Waals surface area contributed by atoms with Crippen molar-refractivity contribution in [1.82, 2.24) is 15.6 Å². The number of aromatic nitrogens is 1. The lowest BCUT2D eigenvalue weighted by Crippen LogP contribution is -2.55. The summed E-state index contributed by atoms with van der Waals surface area (Å²) < 4.78 is 5.16. The molecule has 2 aliphatic rings. The molecule has 1 saturated carbocycles. The fraction of sp³-hybridized carbons (Fsp3) is 0.542. The van der Waals surface area contributed by atoms with Crippen LogP contribution in [0.3, 0.4) is 0 Å². The van der Waals surface area contributed by atoms with Crippen molar-refractivity contribution >= 4 is 40.4 Å². The van der Waals surface area contributed by atoms with Gasteiger partial charge in [-0.15, -0.1) is 11.3 Å². The average Bonchev–Trinajstić information content (AvgIpc) is 3.45. The molecule has 9 heteroatoms. The number of ether oxygens (including phenoxy) is 1. The summed E-state index contributed by atoms with van der Waals surface area (Å²) in [6.07, 6.45) is 6.94. The zero-order valence-electron chi connectivity index (χ0n) is 19.0. The Kier molecular flexibility index (Phi) is 7.88. The van der Waals surface area contributed by atoms with Crippen LogP contribution in [-0.4, -0.2) is 42.1 Å². The normalized spacial score (nSPS) is 18.4. The van der Waals surface area contributed by atoms with E-state index in [4.69, 9.17) is 16.3 Å². The SMILES string of the molecule is Cc1ncc(Cl)cc1N[C@@H](C)c1ccc(C(=O)N[C@@H](CC2CCCC2)C(=O)NC2COC2)s1. The number of hydrogen-bond donors (Lipinski definition) is 3. The topological polar surface area (TPSA) is 92.4 Å². The van der Waals surface area contributed by atoms with Crippen LogP contribution in [0.25, 0.3) is 0 Å². The van der Waals surface area contributed by atoms with Gasteiger partial charge in [0.1, 0.15) is 6.04 Å². The second kappa shape index (κ2) is 10.8. The first-order valence-corrected chi connectivity index (χ1v) is 12.8. The highest BCUT2D eigenvalue weighted by atomic mass is 35.5. The Labute approximate surface area is 203 Å². The molecule has 0 unspecified atom stereocenters. The van der Waals surface area contributed by atoms with Crippen molar-refractivity contribution in [2.75, 3.05) is 18.5 Å². The number of carbonyl (C=O) groups is 2. The number of rotatable bonds is 9. The summed E-state index contributed by atoms with van der Waals surface area (Å²) in [5, 5.41) is 10.00. The molecule has 2 aromatic heterocycles. The Balaban J connectivity index is 1.40. The van der Waals surface area contributed by atoms with Crippen molar-refractivity contribution in [2.45, 2.75) is 64.1 Å². The number of amides is 2. The van der Waals surface area contributed by atoms with Gasteiger partial charge in [0, 0.05) is 11.1 Å². The van der Waals surface area contributed by atoms with Gasteiger partial charge in [0.15, 0.2) is 0 Å². The molecule has 2 amide bonds. The van der Waals surface area contributed by atoms with E-state index in [9.17, 15) is 9.59 Å². The Morgan fingerprint density at radius 2 is 2.03 bits per heavy atom. The molecule has 2 aromatic rings. The minimum Gasteiger partial charge on any atom is -0.377 e. The van der Waals surface area contributed by atoms with Gasteiger partial charge < -0.3 is 20.7 Å². The van der Waals surface area contributed by atoms with Crippen LogP contribution in [0.5, 0.6) is 0 Å². The maximum atomic E-state index is 13.0. The molecular weight excluding hydrogens is 460 g/mol. The maximum Gasteiger partial charge on any atom is 0.262 e. The Morgan fingerprint density at radius 3 is 2.73 bits per heavy atom. The van der Waals surface area contributed by atoms with Crippen molar-refractivity contribution in [1.29, 1.82) is 0 Å². The van der Waals surface area contributed by atoms with E-state index in [0.29, 0.717) is 35.5 Å². The summed E-state index contributed by atoms with van der Waals surface area (Å²) >= 11 is 7.50. The molecule has 1 saturated heterocycles. The fourth-order valence-electron chi connectivity index (χ4n) is 4.33. The lowest BCUT2D eigenvalue weighted by atomic mass is 9.97. The van der Waals surface area contributed by atoms with Crippen LogP contribution in [0.1, 0.15) is 65.3 Å². The number of thiophene rings is 1. The van der Waals surface area contributed by atoms with Gasteiger partial charge in [-0.3, -0.25) is 14.6 Å². The average molecular weight is 491 g/mol. The fourth-order valence-corrected chi connectivity index (χ4v) is 5.40. The lowest BCUT2D eigenvalue weighted by molar-refractivity contribution is -0.127. The van der Waals surface area contributed by atoms with E-state index < -0.39 is 6.04 Å². The van der Waals surface area contributed by atoms with E-state index in [2.05, 4.69) is 20.9 Å². The number of pyridine rings is 1. The third kappa shape index (κ3) is 6.25. The van der Waals surface area contributed by atoms with Gasteiger partial charge >= 0.3 is 0 Å². The third-order valence-corrected chi connectivity index (χ3v) is 7.83. The van der Waals surface area contributed by atoms with Crippen molar-refractivity contribution < 1.29 is 14.3 Å². The van der Waals surface area contributed by atoms with Gasteiger partial charge in [-0.1, -0.05) is 37.3 Å². The van der Waals surface area contributed by atoms with Crippen LogP contribution >= 0.6 is 22.9 Å². The van der Waals surface area contributed by atoms with Crippen molar-refractivity contribution in [3.05, 3.63) is 44.9 Å². The summed E-state index contributed by atoms with van der Waals surface area (Å²) in [5.41, 5.74) is 1.72. The number of hydrogen-bond acceptors (Lipinski definition) is 6. The number of nitrogens with one attached hydrogen (secondary N) is 3. The first-order chi connectivity index (χ1) is 15.9. The molecule has 4 rings (SSSR count). The molecule has 0 radical (unpaired) electrons. The van der Waals surface area contributed by atoms with Gasteiger partial charge in [-0.2, -0.15) is 0 Å². The summed E-state index contributed by atoms with van der Waals surface area (Å²) in [4.78, 5) is 31.8. The molecule has 2 fully saturated rings. The minimum atomic E-state index is -0.525. The molecular formula is C24H31ClN4O3S. The Bertz CT molecular complexity index is 988. The zero-order chi connectivity index (χ0) is 23.4. The summed E-state index contributed by atoms with van der Waals surface area (Å²) in [6, 6.07) is 5.11. The van der Waals surface area contributed by atoms with Crippen molar-refractivity contribution in [2.24, 2.45) is 5.92 Å². The predicted molar refractivity (Wildman–Crippen MR) is 131 cm³/mol. The highest BCUT2D eigenvalue weighted by Crippen LogP contribution is 2.30. The Hall–Kier alpha value is -2.16.